The third-order valence-corrected chi connectivity index (χ3v) is 5.20. The molecule has 0 amide bonds. The number of halogens is 3. The highest BCUT2D eigenvalue weighted by Gasteiger charge is 2.30. The number of hydrogen-bond donors (Lipinski definition) is 0. The van der Waals surface area contributed by atoms with Gasteiger partial charge in [0.1, 0.15) is 5.75 Å². The predicted octanol–water partition coefficient (Wildman–Crippen LogP) is 5.80. The number of alkyl halides is 3. The molecule has 1 saturated heterocycles. The maximum absolute atomic E-state index is 12.8. The van der Waals surface area contributed by atoms with E-state index >= 15 is 0 Å². The van der Waals surface area contributed by atoms with Crippen molar-refractivity contribution in [3.05, 3.63) is 53.6 Å². The van der Waals surface area contributed by atoms with E-state index in [1.165, 1.54) is 44.5 Å². The van der Waals surface area contributed by atoms with Crippen LogP contribution in [0.3, 0.4) is 0 Å². The SMILES string of the molecule is COc1ccc(-c2ccc(C(F)(F)F)cc2)cc1CCCN1CCCCC1. The first-order chi connectivity index (χ1) is 13.0. The minimum atomic E-state index is -4.31. The zero-order valence-electron chi connectivity index (χ0n) is 15.7. The van der Waals surface area contributed by atoms with Gasteiger partial charge in [-0.15, -0.1) is 0 Å². The highest BCUT2D eigenvalue weighted by Crippen LogP contribution is 2.32. The van der Waals surface area contributed by atoms with Gasteiger partial charge in [-0.25, -0.2) is 0 Å². The molecule has 0 spiro atoms. The molecule has 1 aliphatic rings. The summed E-state index contributed by atoms with van der Waals surface area (Å²) in [7, 11) is 1.65. The minimum Gasteiger partial charge on any atom is -0.496 e. The molecular formula is C22H26F3NO. The molecule has 0 radical (unpaired) electrons. The maximum atomic E-state index is 12.8. The van der Waals surface area contributed by atoms with Crippen molar-refractivity contribution >= 4 is 0 Å². The number of hydrogen-bond acceptors (Lipinski definition) is 2. The third kappa shape index (κ3) is 5.25. The van der Waals surface area contributed by atoms with Gasteiger partial charge in [0, 0.05) is 0 Å². The second kappa shape index (κ2) is 8.79. The van der Waals surface area contributed by atoms with Crippen molar-refractivity contribution in [2.24, 2.45) is 0 Å². The highest BCUT2D eigenvalue weighted by molar-refractivity contribution is 5.66. The normalized spacial score (nSPS) is 15.7. The van der Waals surface area contributed by atoms with E-state index in [1.54, 1.807) is 7.11 Å². The van der Waals surface area contributed by atoms with E-state index in [0.29, 0.717) is 0 Å². The van der Waals surface area contributed by atoms with Crippen LogP contribution in [0.1, 0.15) is 36.8 Å². The van der Waals surface area contributed by atoms with Crippen molar-refractivity contribution in [2.75, 3.05) is 26.7 Å². The number of piperidine rings is 1. The van der Waals surface area contributed by atoms with Crippen molar-refractivity contribution in [1.29, 1.82) is 0 Å². The van der Waals surface area contributed by atoms with Crippen LogP contribution in [-0.2, 0) is 12.6 Å². The predicted molar refractivity (Wildman–Crippen MR) is 102 cm³/mol. The first-order valence-electron chi connectivity index (χ1n) is 9.54. The Morgan fingerprint density at radius 2 is 1.59 bits per heavy atom. The van der Waals surface area contributed by atoms with Crippen LogP contribution in [-0.4, -0.2) is 31.6 Å². The molecule has 5 heteroatoms. The second-order valence-corrected chi connectivity index (χ2v) is 7.11. The Bertz CT molecular complexity index is 734. The summed E-state index contributed by atoms with van der Waals surface area (Å²) in [5, 5.41) is 0. The maximum Gasteiger partial charge on any atom is 0.416 e. The molecule has 2 nitrogen and oxygen atoms in total. The van der Waals surface area contributed by atoms with Crippen molar-refractivity contribution in [3.63, 3.8) is 0 Å². The molecule has 0 saturated carbocycles. The molecule has 1 heterocycles. The van der Waals surface area contributed by atoms with Crippen molar-refractivity contribution in [3.8, 4) is 16.9 Å². The molecule has 0 bridgehead atoms. The van der Waals surface area contributed by atoms with E-state index in [2.05, 4.69) is 4.90 Å². The van der Waals surface area contributed by atoms with Gasteiger partial charge < -0.3 is 9.64 Å². The monoisotopic (exact) mass is 377 g/mol. The van der Waals surface area contributed by atoms with Gasteiger partial charge in [0.2, 0.25) is 0 Å². The minimum absolute atomic E-state index is 0.624. The summed E-state index contributed by atoms with van der Waals surface area (Å²) in [4.78, 5) is 2.51. The van der Waals surface area contributed by atoms with Gasteiger partial charge in [0.15, 0.2) is 0 Å². The zero-order chi connectivity index (χ0) is 19.3. The molecule has 146 valence electrons. The second-order valence-electron chi connectivity index (χ2n) is 7.11. The molecule has 2 aromatic carbocycles. The molecule has 0 N–H and O–H groups in total. The van der Waals surface area contributed by atoms with Gasteiger partial charge in [0.05, 0.1) is 12.7 Å². The number of methoxy groups -OCH3 is 1. The lowest BCUT2D eigenvalue weighted by molar-refractivity contribution is -0.137. The van der Waals surface area contributed by atoms with E-state index in [9.17, 15) is 13.2 Å². The number of ether oxygens (including phenoxy) is 1. The van der Waals surface area contributed by atoms with Crippen LogP contribution in [0.25, 0.3) is 11.1 Å². The lowest BCUT2D eigenvalue weighted by Crippen LogP contribution is -2.30. The number of nitrogens with zero attached hydrogens (tertiary/aromatic N) is 1. The Hall–Kier alpha value is -2.01. The topological polar surface area (TPSA) is 12.5 Å². The van der Waals surface area contributed by atoms with Crippen LogP contribution in [0.4, 0.5) is 13.2 Å². The van der Waals surface area contributed by atoms with E-state index in [-0.39, 0.29) is 0 Å². The molecule has 0 aromatic heterocycles. The first kappa shape index (κ1) is 19.7. The smallest absolute Gasteiger partial charge is 0.416 e. The quantitative estimate of drug-likeness (QED) is 0.631. The zero-order valence-corrected chi connectivity index (χ0v) is 15.7. The Kier molecular flexibility index (Phi) is 6.42. The van der Waals surface area contributed by atoms with Gasteiger partial charge in [-0.1, -0.05) is 24.6 Å². The van der Waals surface area contributed by atoms with Gasteiger partial charge in [-0.2, -0.15) is 13.2 Å². The summed E-state index contributed by atoms with van der Waals surface area (Å²) < 4.78 is 43.8. The van der Waals surface area contributed by atoms with Gasteiger partial charge in [-0.3, -0.25) is 0 Å². The van der Waals surface area contributed by atoms with Crippen molar-refractivity contribution in [2.45, 2.75) is 38.3 Å². The van der Waals surface area contributed by atoms with Crippen LogP contribution < -0.4 is 4.74 Å². The Balaban J connectivity index is 1.70. The molecule has 2 aromatic rings. The average Bonchev–Trinajstić information content (AvgIpc) is 2.68. The van der Waals surface area contributed by atoms with Crippen LogP contribution in [0, 0.1) is 0 Å². The largest absolute Gasteiger partial charge is 0.496 e. The van der Waals surface area contributed by atoms with Crippen molar-refractivity contribution < 1.29 is 17.9 Å². The number of benzene rings is 2. The Morgan fingerprint density at radius 3 is 2.22 bits per heavy atom. The average molecular weight is 377 g/mol. The number of rotatable bonds is 6. The first-order valence-corrected chi connectivity index (χ1v) is 9.54. The number of aryl methyl sites for hydroxylation is 1. The molecule has 0 atom stereocenters. The summed E-state index contributed by atoms with van der Waals surface area (Å²) in [6.07, 6.45) is 1.54. The third-order valence-electron chi connectivity index (χ3n) is 5.20. The summed E-state index contributed by atoms with van der Waals surface area (Å²) in [6, 6.07) is 11.2. The molecule has 0 unspecified atom stereocenters. The fourth-order valence-corrected chi connectivity index (χ4v) is 3.68. The van der Waals surface area contributed by atoms with Crippen LogP contribution >= 0.6 is 0 Å². The Morgan fingerprint density at radius 1 is 0.926 bits per heavy atom. The summed E-state index contributed by atoms with van der Waals surface area (Å²) >= 11 is 0. The standard InChI is InChI=1S/C22H26F3NO/c1-27-21-12-9-18(17-7-10-20(11-8-17)22(23,24)25)16-19(21)6-5-15-26-13-3-2-4-14-26/h7-12,16H,2-6,13-15H2,1H3. The van der Waals surface area contributed by atoms with Crippen LogP contribution in [0.15, 0.2) is 42.5 Å². The summed E-state index contributed by atoms with van der Waals surface area (Å²) in [5.74, 6) is 0.837. The summed E-state index contributed by atoms with van der Waals surface area (Å²) in [5.41, 5.74) is 2.17. The fraction of sp³-hybridized carbons (Fsp3) is 0.455. The molecule has 3 rings (SSSR count). The molecule has 1 aliphatic heterocycles. The van der Waals surface area contributed by atoms with Crippen LogP contribution in [0.5, 0.6) is 5.75 Å². The molecular weight excluding hydrogens is 351 g/mol. The number of likely N-dealkylation sites (tertiary alicyclic amines) is 1. The fourth-order valence-electron chi connectivity index (χ4n) is 3.68. The van der Waals surface area contributed by atoms with Gasteiger partial charge in [0.25, 0.3) is 0 Å². The van der Waals surface area contributed by atoms with E-state index in [0.717, 1.165) is 54.0 Å². The Labute approximate surface area is 159 Å². The molecule has 27 heavy (non-hydrogen) atoms. The van der Waals surface area contributed by atoms with E-state index in [1.807, 2.05) is 18.2 Å². The van der Waals surface area contributed by atoms with Gasteiger partial charge >= 0.3 is 6.18 Å². The summed E-state index contributed by atoms with van der Waals surface area (Å²) in [6.45, 7) is 3.44. The lowest BCUT2D eigenvalue weighted by Gasteiger charge is -2.26. The lowest BCUT2D eigenvalue weighted by atomic mass is 9.99. The molecule has 1 fully saturated rings. The van der Waals surface area contributed by atoms with E-state index < -0.39 is 11.7 Å². The van der Waals surface area contributed by atoms with Crippen LogP contribution in [0.2, 0.25) is 0 Å². The van der Waals surface area contributed by atoms with Gasteiger partial charge in [-0.05, 0) is 86.3 Å². The highest BCUT2D eigenvalue weighted by atomic mass is 19.4. The van der Waals surface area contributed by atoms with E-state index in [4.69, 9.17) is 4.74 Å². The van der Waals surface area contributed by atoms with Crippen molar-refractivity contribution in [1.82, 2.24) is 4.90 Å². The molecule has 0 aliphatic carbocycles.